The predicted molar refractivity (Wildman–Crippen MR) is 28.7 cm³/mol. The molecule has 0 aliphatic rings. The summed E-state index contributed by atoms with van der Waals surface area (Å²) in [6, 6.07) is 0. The Labute approximate surface area is 72.4 Å². The lowest BCUT2D eigenvalue weighted by Gasteiger charge is -2.18. The molecule has 0 saturated heterocycles. The van der Waals surface area contributed by atoms with Gasteiger partial charge in [0.2, 0.25) is 12.0 Å². The van der Waals surface area contributed by atoms with Gasteiger partial charge in [-0.15, -0.1) is 4.99 Å². The molecule has 0 aliphatic heterocycles. The SMILES string of the molecule is O=C=NC(=O)C(C(F)(F)F)C(F)(F)F. The largest absolute Gasteiger partial charge is 0.409 e. The Kier molecular flexibility index (Phi) is 3.42. The van der Waals surface area contributed by atoms with Crippen molar-refractivity contribution in [3.8, 4) is 0 Å². The zero-order valence-corrected chi connectivity index (χ0v) is 6.11. The summed E-state index contributed by atoms with van der Waals surface area (Å²) in [5, 5.41) is 0. The normalized spacial score (nSPS) is 12.5. The number of carbonyl (C=O) groups excluding carboxylic acids is 2. The van der Waals surface area contributed by atoms with Crippen LogP contribution in [0.15, 0.2) is 4.99 Å². The minimum absolute atomic E-state index is 0.318. The molecule has 9 heteroatoms. The second kappa shape index (κ2) is 3.79. The van der Waals surface area contributed by atoms with Gasteiger partial charge in [0.1, 0.15) is 0 Å². The third kappa shape index (κ3) is 3.17. The van der Waals surface area contributed by atoms with Crippen molar-refractivity contribution in [1.82, 2.24) is 0 Å². The molecule has 0 heterocycles. The van der Waals surface area contributed by atoms with Gasteiger partial charge in [-0.05, 0) is 0 Å². The van der Waals surface area contributed by atoms with Crippen LogP contribution in [0.2, 0.25) is 0 Å². The molecular formula is C5HF6NO2. The summed E-state index contributed by atoms with van der Waals surface area (Å²) in [7, 11) is 0. The molecule has 80 valence electrons. The first-order valence-corrected chi connectivity index (χ1v) is 2.86. The topological polar surface area (TPSA) is 46.5 Å². The Morgan fingerprint density at radius 1 is 1.07 bits per heavy atom. The number of carbonyl (C=O) groups is 1. The van der Waals surface area contributed by atoms with Gasteiger partial charge in [0.15, 0.2) is 0 Å². The smallest absolute Gasteiger partial charge is 0.271 e. The quantitative estimate of drug-likeness (QED) is 0.383. The number of alkyl halides is 6. The van der Waals surface area contributed by atoms with Crippen LogP contribution in [0, 0.1) is 5.92 Å². The molecule has 0 rings (SSSR count). The summed E-state index contributed by atoms with van der Waals surface area (Å²) in [5.41, 5.74) is 0. The van der Waals surface area contributed by atoms with Gasteiger partial charge in [-0.2, -0.15) is 26.3 Å². The van der Waals surface area contributed by atoms with Gasteiger partial charge in [-0.25, -0.2) is 4.79 Å². The van der Waals surface area contributed by atoms with Crippen LogP contribution in [0.25, 0.3) is 0 Å². The highest BCUT2D eigenvalue weighted by Crippen LogP contribution is 2.39. The van der Waals surface area contributed by atoms with Crippen molar-refractivity contribution in [2.24, 2.45) is 10.9 Å². The number of rotatable bonds is 1. The molecule has 0 N–H and O–H groups in total. The van der Waals surface area contributed by atoms with E-state index in [4.69, 9.17) is 0 Å². The van der Waals surface area contributed by atoms with Crippen LogP contribution in [-0.2, 0) is 9.59 Å². The molecule has 0 aliphatic carbocycles. The van der Waals surface area contributed by atoms with Gasteiger partial charge in [-0.3, -0.25) is 4.79 Å². The summed E-state index contributed by atoms with van der Waals surface area (Å²) >= 11 is 0. The minimum Gasteiger partial charge on any atom is -0.271 e. The highest BCUT2D eigenvalue weighted by atomic mass is 19.4. The van der Waals surface area contributed by atoms with E-state index in [9.17, 15) is 35.9 Å². The lowest BCUT2D eigenvalue weighted by molar-refractivity contribution is -0.273. The fourth-order valence-corrected chi connectivity index (χ4v) is 0.575. The first-order chi connectivity index (χ1) is 6.10. The third-order valence-electron chi connectivity index (χ3n) is 1.06. The second-order valence-electron chi connectivity index (χ2n) is 2.06. The maximum Gasteiger partial charge on any atom is 0.409 e. The maximum atomic E-state index is 11.7. The van der Waals surface area contributed by atoms with E-state index >= 15 is 0 Å². The zero-order valence-electron chi connectivity index (χ0n) is 6.11. The molecule has 3 nitrogen and oxygen atoms in total. The van der Waals surface area contributed by atoms with Gasteiger partial charge in [0.05, 0.1) is 0 Å². The molecule has 0 spiro atoms. The van der Waals surface area contributed by atoms with Gasteiger partial charge >= 0.3 is 12.4 Å². The number of halogens is 6. The van der Waals surface area contributed by atoms with Gasteiger partial charge in [0.25, 0.3) is 5.91 Å². The summed E-state index contributed by atoms with van der Waals surface area (Å²) in [5.74, 6) is -6.89. The van der Waals surface area contributed by atoms with E-state index in [2.05, 4.69) is 0 Å². The molecular weight excluding hydrogens is 220 g/mol. The molecule has 0 aromatic heterocycles. The molecule has 0 unspecified atom stereocenters. The standard InChI is InChI=1S/C5HF6NO2/c6-4(7,8)2(5(9,10)11)3(14)12-1-13/h2H. The van der Waals surface area contributed by atoms with E-state index in [0.717, 1.165) is 0 Å². The Morgan fingerprint density at radius 3 is 1.64 bits per heavy atom. The molecule has 0 atom stereocenters. The molecule has 0 radical (unpaired) electrons. The van der Waals surface area contributed by atoms with Crippen molar-refractivity contribution in [2.45, 2.75) is 12.4 Å². The van der Waals surface area contributed by atoms with E-state index in [-0.39, 0.29) is 0 Å². The number of hydrogen-bond donors (Lipinski definition) is 0. The van der Waals surface area contributed by atoms with Crippen LogP contribution in [0.4, 0.5) is 26.3 Å². The van der Waals surface area contributed by atoms with Crippen molar-refractivity contribution in [3.63, 3.8) is 0 Å². The first-order valence-electron chi connectivity index (χ1n) is 2.86. The van der Waals surface area contributed by atoms with Gasteiger partial charge in [0, 0.05) is 0 Å². The van der Waals surface area contributed by atoms with Crippen LogP contribution in [-0.4, -0.2) is 24.3 Å². The molecule has 0 aromatic rings. The van der Waals surface area contributed by atoms with E-state index in [0.29, 0.717) is 6.08 Å². The highest BCUT2D eigenvalue weighted by molar-refractivity contribution is 5.84. The lowest BCUT2D eigenvalue weighted by Crippen LogP contribution is -2.41. The van der Waals surface area contributed by atoms with Crippen molar-refractivity contribution in [3.05, 3.63) is 0 Å². The van der Waals surface area contributed by atoms with Gasteiger partial charge in [-0.1, -0.05) is 0 Å². The van der Waals surface area contributed by atoms with Crippen LogP contribution in [0.3, 0.4) is 0 Å². The van der Waals surface area contributed by atoms with Crippen LogP contribution in [0.1, 0.15) is 0 Å². The first kappa shape index (κ1) is 12.6. The van der Waals surface area contributed by atoms with Crippen LogP contribution < -0.4 is 0 Å². The number of nitrogens with zero attached hydrogens (tertiary/aromatic N) is 1. The van der Waals surface area contributed by atoms with Crippen molar-refractivity contribution < 1.29 is 35.9 Å². The third-order valence-corrected chi connectivity index (χ3v) is 1.06. The number of isocyanates is 1. The number of amides is 1. The Hall–Kier alpha value is -1.37. The average molecular weight is 221 g/mol. The summed E-state index contributed by atoms with van der Waals surface area (Å²) in [6.07, 6.45) is -11.3. The Morgan fingerprint density at radius 2 is 1.43 bits per heavy atom. The molecule has 0 saturated carbocycles. The fourth-order valence-electron chi connectivity index (χ4n) is 0.575. The molecule has 0 bridgehead atoms. The fraction of sp³-hybridized carbons (Fsp3) is 0.600. The van der Waals surface area contributed by atoms with E-state index in [1.165, 1.54) is 0 Å². The molecule has 14 heavy (non-hydrogen) atoms. The molecule has 1 amide bonds. The lowest BCUT2D eigenvalue weighted by atomic mass is 10.1. The van der Waals surface area contributed by atoms with Crippen molar-refractivity contribution >= 4 is 12.0 Å². The Bertz CT molecular complexity index is 259. The maximum absolute atomic E-state index is 11.7. The zero-order chi connectivity index (χ0) is 11.6. The van der Waals surface area contributed by atoms with Crippen molar-refractivity contribution in [1.29, 1.82) is 0 Å². The van der Waals surface area contributed by atoms with Crippen LogP contribution in [0.5, 0.6) is 0 Å². The predicted octanol–water partition coefficient (Wildman–Crippen LogP) is 1.59. The highest BCUT2D eigenvalue weighted by Gasteiger charge is 2.61. The van der Waals surface area contributed by atoms with E-state index in [1.54, 1.807) is 4.99 Å². The van der Waals surface area contributed by atoms with E-state index < -0.39 is 24.2 Å². The van der Waals surface area contributed by atoms with Gasteiger partial charge < -0.3 is 0 Å². The number of hydrogen-bond acceptors (Lipinski definition) is 2. The molecule has 0 fully saturated rings. The second-order valence-corrected chi connectivity index (χ2v) is 2.06. The van der Waals surface area contributed by atoms with Crippen LogP contribution >= 0.6 is 0 Å². The van der Waals surface area contributed by atoms with E-state index in [1.807, 2.05) is 0 Å². The average Bonchev–Trinajstić information content (AvgIpc) is 1.78. The summed E-state index contributed by atoms with van der Waals surface area (Å²) in [4.78, 5) is 21.3. The molecule has 0 aromatic carbocycles. The monoisotopic (exact) mass is 221 g/mol. The summed E-state index contributed by atoms with van der Waals surface area (Å²) < 4.78 is 70.0. The number of aliphatic imine (C=N–C) groups is 1. The Balaban J connectivity index is 5.13. The summed E-state index contributed by atoms with van der Waals surface area (Å²) in [6.45, 7) is 0. The van der Waals surface area contributed by atoms with Crippen molar-refractivity contribution in [2.75, 3.05) is 0 Å². The minimum atomic E-state index is -5.82.